The number of anilines is 1. The zero-order valence-electron chi connectivity index (χ0n) is 18.6. The van der Waals surface area contributed by atoms with Gasteiger partial charge in [-0.25, -0.2) is 9.97 Å². The molecule has 0 spiro atoms. The fourth-order valence-electron chi connectivity index (χ4n) is 3.36. The lowest BCUT2D eigenvalue weighted by molar-refractivity contribution is -0.131. The van der Waals surface area contributed by atoms with E-state index in [4.69, 9.17) is 0 Å². The number of carbonyl (C=O) groups is 1. The number of piperazine rings is 1. The maximum absolute atomic E-state index is 12.5. The highest BCUT2D eigenvalue weighted by Crippen LogP contribution is 2.10. The maximum Gasteiger partial charge on any atom is 0.225 e. The molecular formula is C21H38IN7O. The lowest BCUT2D eigenvalue weighted by Gasteiger charge is -2.34. The molecule has 8 nitrogen and oxygen atoms in total. The van der Waals surface area contributed by atoms with Gasteiger partial charge in [0.05, 0.1) is 6.54 Å². The van der Waals surface area contributed by atoms with E-state index >= 15 is 0 Å². The van der Waals surface area contributed by atoms with Crippen molar-refractivity contribution in [3.63, 3.8) is 0 Å². The molecule has 0 saturated carbocycles. The van der Waals surface area contributed by atoms with Crippen LogP contribution in [0.1, 0.15) is 52.9 Å². The van der Waals surface area contributed by atoms with Crippen molar-refractivity contribution >= 4 is 41.8 Å². The van der Waals surface area contributed by atoms with Gasteiger partial charge in [0.25, 0.3) is 0 Å². The summed E-state index contributed by atoms with van der Waals surface area (Å²) >= 11 is 0. The fraction of sp³-hybridized carbons (Fsp3) is 0.714. The molecule has 2 N–H and O–H groups in total. The van der Waals surface area contributed by atoms with Crippen LogP contribution in [-0.2, 0) is 4.79 Å². The summed E-state index contributed by atoms with van der Waals surface area (Å²) in [4.78, 5) is 29.7. The molecule has 2 heterocycles. The Morgan fingerprint density at radius 3 is 2.50 bits per heavy atom. The van der Waals surface area contributed by atoms with Crippen molar-refractivity contribution < 1.29 is 4.79 Å². The number of hydrogen-bond donors (Lipinski definition) is 2. The Morgan fingerprint density at radius 2 is 1.87 bits per heavy atom. The summed E-state index contributed by atoms with van der Waals surface area (Å²) in [5.41, 5.74) is 0. The molecule has 1 unspecified atom stereocenters. The Bertz CT molecular complexity index is 621. The van der Waals surface area contributed by atoms with Gasteiger partial charge in [-0.1, -0.05) is 26.2 Å². The van der Waals surface area contributed by atoms with Crippen LogP contribution in [-0.4, -0.2) is 72.0 Å². The first-order valence-electron chi connectivity index (χ1n) is 11.0. The van der Waals surface area contributed by atoms with Crippen molar-refractivity contribution in [2.24, 2.45) is 4.99 Å². The average molecular weight is 531 g/mol. The van der Waals surface area contributed by atoms with Crippen LogP contribution in [0.5, 0.6) is 0 Å². The summed E-state index contributed by atoms with van der Waals surface area (Å²) in [6.07, 6.45) is 8.78. The molecule has 170 valence electrons. The van der Waals surface area contributed by atoms with Crippen molar-refractivity contribution in [3.8, 4) is 0 Å². The zero-order chi connectivity index (χ0) is 20.9. The smallest absolute Gasteiger partial charge is 0.225 e. The van der Waals surface area contributed by atoms with Crippen molar-refractivity contribution in [2.45, 2.75) is 58.9 Å². The van der Waals surface area contributed by atoms with Gasteiger partial charge in [-0.3, -0.25) is 9.79 Å². The Balaban J connectivity index is 0.00000450. The Kier molecular flexibility index (Phi) is 13.4. The second kappa shape index (κ2) is 15.2. The van der Waals surface area contributed by atoms with E-state index in [1.54, 1.807) is 12.4 Å². The van der Waals surface area contributed by atoms with E-state index < -0.39 is 0 Å². The number of rotatable bonds is 10. The third-order valence-corrected chi connectivity index (χ3v) is 5.03. The molecule has 1 saturated heterocycles. The topological polar surface area (TPSA) is 85.8 Å². The first-order valence-corrected chi connectivity index (χ1v) is 11.0. The van der Waals surface area contributed by atoms with Crippen LogP contribution in [0.2, 0.25) is 0 Å². The predicted molar refractivity (Wildman–Crippen MR) is 134 cm³/mol. The van der Waals surface area contributed by atoms with Gasteiger partial charge in [0.15, 0.2) is 5.96 Å². The Labute approximate surface area is 198 Å². The van der Waals surface area contributed by atoms with E-state index in [0.29, 0.717) is 32.1 Å². The van der Waals surface area contributed by atoms with Crippen LogP contribution < -0.4 is 15.5 Å². The quantitative estimate of drug-likeness (QED) is 0.209. The van der Waals surface area contributed by atoms with E-state index in [1.165, 1.54) is 19.3 Å². The molecule has 0 aliphatic carbocycles. The SMILES string of the molecule is CCCCCC(C)NC(=NCCC(=O)N1CCN(c2ncccn2)CC1)NCC.I. The van der Waals surface area contributed by atoms with E-state index in [2.05, 4.69) is 51.3 Å². The van der Waals surface area contributed by atoms with Gasteiger partial charge in [-0.2, -0.15) is 0 Å². The summed E-state index contributed by atoms with van der Waals surface area (Å²) in [5, 5.41) is 6.72. The maximum atomic E-state index is 12.5. The standard InChI is InChI=1S/C21H37N7O.HI/c1-4-6-7-9-18(3)26-20(22-5-2)23-13-10-19(29)27-14-16-28(17-15-27)21-24-11-8-12-25-21;/h8,11-12,18H,4-7,9-10,13-17H2,1-3H3,(H2,22,23,26);1H. The zero-order valence-corrected chi connectivity index (χ0v) is 21.0. The molecule has 1 amide bonds. The molecule has 2 rings (SSSR count). The van der Waals surface area contributed by atoms with Crippen molar-refractivity contribution in [3.05, 3.63) is 18.5 Å². The molecule has 0 aromatic carbocycles. The summed E-state index contributed by atoms with van der Waals surface area (Å²) in [6.45, 7) is 10.7. The molecule has 1 aliphatic heterocycles. The van der Waals surface area contributed by atoms with Crippen LogP contribution in [0.25, 0.3) is 0 Å². The number of carbonyl (C=O) groups excluding carboxylic acids is 1. The Hall–Kier alpha value is -1.65. The summed E-state index contributed by atoms with van der Waals surface area (Å²) in [6, 6.07) is 2.19. The highest BCUT2D eigenvalue weighted by atomic mass is 127. The highest BCUT2D eigenvalue weighted by Gasteiger charge is 2.22. The predicted octanol–water partition coefficient (Wildman–Crippen LogP) is 2.66. The van der Waals surface area contributed by atoms with Gasteiger partial charge in [-0.15, -0.1) is 24.0 Å². The molecule has 0 bridgehead atoms. The first kappa shape index (κ1) is 26.4. The number of aliphatic imine (C=N–C) groups is 1. The molecule has 1 aromatic rings. The van der Waals surface area contributed by atoms with Gasteiger partial charge >= 0.3 is 0 Å². The molecule has 1 aliphatic rings. The monoisotopic (exact) mass is 531 g/mol. The van der Waals surface area contributed by atoms with Crippen molar-refractivity contribution in [2.75, 3.05) is 44.2 Å². The summed E-state index contributed by atoms with van der Waals surface area (Å²) in [5.74, 6) is 1.70. The van der Waals surface area contributed by atoms with E-state index in [0.717, 1.165) is 38.0 Å². The summed E-state index contributed by atoms with van der Waals surface area (Å²) in [7, 11) is 0. The number of hydrogen-bond acceptors (Lipinski definition) is 5. The number of unbranched alkanes of at least 4 members (excludes halogenated alkanes) is 2. The second-order valence-electron chi connectivity index (χ2n) is 7.47. The number of nitrogens with zero attached hydrogens (tertiary/aromatic N) is 5. The normalized spacial score (nSPS) is 15.4. The van der Waals surface area contributed by atoms with Gasteiger partial charge in [0, 0.05) is 57.6 Å². The van der Waals surface area contributed by atoms with E-state index in [-0.39, 0.29) is 29.9 Å². The molecular weight excluding hydrogens is 493 g/mol. The number of guanidine groups is 1. The highest BCUT2D eigenvalue weighted by molar-refractivity contribution is 14.0. The largest absolute Gasteiger partial charge is 0.357 e. The molecule has 9 heteroatoms. The first-order chi connectivity index (χ1) is 14.1. The van der Waals surface area contributed by atoms with Crippen LogP contribution in [0, 0.1) is 0 Å². The van der Waals surface area contributed by atoms with E-state index in [1.807, 2.05) is 11.0 Å². The average Bonchev–Trinajstić information content (AvgIpc) is 2.74. The van der Waals surface area contributed by atoms with Crippen molar-refractivity contribution in [1.82, 2.24) is 25.5 Å². The minimum atomic E-state index is 0. The number of nitrogens with one attached hydrogen (secondary N) is 2. The lowest BCUT2D eigenvalue weighted by atomic mass is 10.1. The number of amides is 1. The third-order valence-electron chi connectivity index (χ3n) is 5.03. The van der Waals surface area contributed by atoms with Gasteiger partial charge in [-0.05, 0) is 26.3 Å². The third kappa shape index (κ3) is 9.44. The molecule has 1 fully saturated rings. The van der Waals surface area contributed by atoms with Gasteiger partial charge < -0.3 is 20.4 Å². The number of aromatic nitrogens is 2. The van der Waals surface area contributed by atoms with Gasteiger partial charge in [0.2, 0.25) is 11.9 Å². The van der Waals surface area contributed by atoms with Crippen LogP contribution in [0.3, 0.4) is 0 Å². The Morgan fingerprint density at radius 1 is 1.17 bits per heavy atom. The fourth-order valence-corrected chi connectivity index (χ4v) is 3.36. The molecule has 1 aromatic heterocycles. The van der Waals surface area contributed by atoms with Crippen molar-refractivity contribution in [1.29, 1.82) is 0 Å². The molecule has 0 radical (unpaired) electrons. The van der Waals surface area contributed by atoms with Crippen LogP contribution >= 0.6 is 24.0 Å². The molecule has 30 heavy (non-hydrogen) atoms. The second-order valence-corrected chi connectivity index (χ2v) is 7.47. The summed E-state index contributed by atoms with van der Waals surface area (Å²) < 4.78 is 0. The van der Waals surface area contributed by atoms with Gasteiger partial charge in [0.1, 0.15) is 0 Å². The molecule has 1 atom stereocenters. The number of halogens is 1. The van der Waals surface area contributed by atoms with Crippen LogP contribution in [0.4, 0.5) is 5.95 Å². The van der Waals surface area contributed by atoms with E-state index in [9.17, 15) is 4.79 Å². The minimum absolute atomic E-state index is 0. The lowest BCUT2D eigenvalue weighted by Crippen LogP contribution is -2.49. The minimum Gasteiger partial charge on any atom is -0.357 e. The van der Waals surface area contributed by atoms with Crippen LogP contribution in [0.15, 0.2) is 23.5 Å².